The molecule has 1 heterocycles. The standard InChI is InChI=1S/C16H14N2O/c1-10-6-5-9-12(11(10)2)15-13-7-3-4-8-14(13)16(19)18-17-15/h3-9H,1-2H3,(H,18,19). The number of nitrogens with zero attached hydrogens (tertiary/aromatic N) is 1. The first-order valence-corrected chi connectivity index (χ1v) is 6.22. The average Bonchev–Trinajstić information content (AvgIpc) is 2.43. The number of H-pyrrole nitrogens is 1. The molecular weight excluding hydrogens is 236 g/mol. The van der Waals surface area contributed by atoms with Gasteiger partial charge in [-0.1, -0.05) is 36.4 Å². The van der Waals surface area contributed by atoms with E-state index in [9.17, 15) is 4.79 Å². The molecule has 0 saturated carbocycles. The summed E-state index contributed by atoms with van der Waals surface area (Å²) in [5.41, 5.74) is 4.15. The monoisotopic (exact) mass is 250 g/mol. The molecule has 3 nitrogen and oxygen atoms in total. The molecule has 0 unspecified atom stereocenters. The number of aromatic nitrogens is 2. The summed E-state index contributed by atoms with van der Waals surface area (Å²) in [6.07, 6.45) is 0. The average molecular weight is 250 g/mol. The Bertz CT molecular complexity index is 818. The quantitative estimate of drug-likeness (QED) is 0.720. The van der Waals surface area contributed by atoms with Crippen LogP contribution >= 0.6 is 0 Å². The number of benzene rings is 2. The molecule has 0 fully saturated rings. The highest BCUT2D eigenvalue weighted by Crippen LogP contribution is 2.28. The van der Waals surface area contributed by atoms with Gasteiger partial charge in [-0.15, -0.1) is 0 Å². The van der Waals surface area contributed by atoms with E-state index in [4.69, 9.17) is 0 Å². The second-order valence-electron chi connectivity index (χ2n) is 4.69. The molecule has 1 N–H and O–H groups in total. The van der Waals surface area contributed by atoms with Crippen LogP contribution in [0.5, 0.6) is 0 Å². The summed E-state index contributed by atoms with van der Waals surface area (Å²) >= 11 is 0. The maximum atomic E-state index is 11.8. The van der Waals surface area contributed by atoms with E-state index in [1.54, 1.807) is 0 Å². The third-order valence-electron chi connectivity index (χ3n) is 3.56. The fourth-order valence-electron chi connectivity index (χ4n) is 2.33. The van der Waals surface area contributed by atoms with E-state index in [2.05, 4.69) is 30.1 Å². The van der Waals surface area contributed by atoms with Gasteiger partial charge < -0.3 is 0 Å². The second kappa shape index (κ2) is 4.35. The first kappa shape index (κ1) is 11.7. The van der Waals surface area contributed by atoms with Crippen molar-refractivity contribution < 1.29 is 0 Å². The predicted octanol–water partition coefficient (Wildman–Crippen LogP) is 3.21. The van der Waals surface area contributed by atoms with Crippen molar-refractivity contribution in [2.24, 2.45) is 0 Å². The molecule has 0 atom stereocenters. The molecule has 0 aliphatic rings. The SMILES string of the molecule is Cc1cccc(-c2n[nH]c(=O)c3ccccc23)c1C. The van der Waals surface area contributed by atoms with Crippen LogP contribution in [0.15, 0.2) is 47.3 Å². The molecule has 2 aromatic carbocycles. The van der Waals surface area contributed by atoms with Gasteiger partial charge in [-0.05, 0) is 31.0 Å². The van der Waals surface area contributed by atoms with Crippen LogP contribution in [0, 0.1) is 13.8 Å². The van der Waals surface area contributed by atoms with Gasteiger partial charge in [0, 0.05) is 10.9 Å². The van der Waals surface area contributed by atoms with Crippen molar-refractivity contribution in [1.82, 2.24) is 10.2 Å². The van der Waals surface area contributed by atoms with Gasteiger partial charge in [-0.3, -0.25) is 4.79 Å². The van der Waals surface area contributed by atoms with Gasteiger partial charge >= 0.3 is 0 Å². The molecule has 0 bridgehead atoms. The Hall–Kier alpha value is -2.42. The van der Waals surface area contributed by atoms with Crippen molar-refractivity contribution >= 4 is 10.8 Å². The van der Waals surface area contributed by atoms with Crippen LogP contribution in [0.1, 0.15) is 11.1 Å². The number of aromatic amines is 1. The minimum atomic E-state index is -0.148. The van der Waals surface area contributed by atoms with Gasteiger partial charge in [0.05, 0.1) is 11.1 Å². The molecule has 94 valence electrons. The summed E-state index contributed by atoms with van der Waals surface area (Å²) in [5, 5.41) is 8.39. The van der Waals surface area contributed by atoms with Gasteiger partial charge in [0.15, 0.2) is 0 Å². The Kier molecular flexibility index (Phi) is 2.67. The van der Waals surface area contributed by atoms with Gasteiger partial charge in [0.25, 0.3) is 5.56 Å². The third-order valence-corrected chi connectivity index (χ3v) is 3.56. The van der Waals surface area contributed by atoms with Crippen molar-refractivity contribution in [2.75, 3.05) is 0 Å². The zero-order valence-corrected chi connectivity index (χ0v) is 10.9. The summed E-state index contributed by atoms with van der Waals surface area (Å²) in [4.78, 5) is 11.8. The maximum Gasteiger partial charge on any atom is 0.272 e. The van der Waals surface area contributed by atoms with Gasteiger partial charge in [-0.2, -0.15) is 5.10 Å². The van der Waals surface area contributed by atoms with Gasteiger partial charge in [-0.25, -0.2) is 5.10 Å². The summed E-state index contributed by atoms with van der Waals surface area (Å²) in [6, 6.07) is 13.7. The maximum absolute atomic E-state index is 11.8. The smallest absolute Gasteiger partial charge is 0.267 e. The minimum Gasteiger partial charge on any atom is -0.267 e. The van der Waals surface area contributed by atoms with Crippen LogP contribution in [-0.4, -0.2) is 10.2 Å². The van der Waals surface area contributed by atoms with Crippen LogP contribution in [0.25, 0.3) is 22.0 Å². The van der Waals surface area contributed by atoms with Crippen LogP contribution in [0.3, 0.4) is 0 Å². The Morgan fingerprint density at radius 3 is 2.47 bits per heavy atom. The highest BCUT2D eigenvalue weighted by Gasteiger charge is 2.10. The van der Waals surface area contributed by atoms with Crippen LogP contribution in [0.4, 0.5) is 0 Å². The van der Waals surface area contributed by atoms with Crippen LogP contribution in [0.2, 0.25) is 0 Å². The van der Waals surface area contributed by atoms with Crippen molar-refractivity contribution in [1.29, 1.82) is 0 Å². The lowest BCUT2D eigenvalue weighted by Gasteiger charge is -2.09. The number of aryl methyl sites for hydroxylation is 1. The third kappa shape index (κ3) is 1.83. The van der Waals surface area contributed by atoms with Gasteiger partial charge in [0.2, 0.25) is 0 Å². The molecule has 0 amide bonds. The topological polar surface area (TPSA) is 45.8 Å². The zero-order chi connectivity index (χ0) is 13.4. The fourth-order valence-corrected chi connectivity index (χ4v) is 2.33. The first-order chi connectivity index (χ1) is 9.18. The normalized spacial score (nSPS) is 10.8. The highest BCUT2D eigenvalue weighted by atomic mass is 16.1. The molecule has 0 aliphatic carbocycles. The second-order valence-corrected chi connectivity index (χ2v) is 4.69. The molecule has 1 aromatic heterocycles. The van der Waals surface area contributed by atoms with Crippen molar-refractivity contribution in [2.45, 2.75) is 13.8 Å². The van der Waals surface area contributed by atoms with Gasteiger partial charge in [0.1, 0.15) is 0 Å². The van der Waals surface area contributed by atoms with Crippen molar-refractivity contribution in [3.63, 3.8) is 0 Å². The Morgan fingerprint density at radius 1 is 0.947 bits per heavy atom. The summed E-state index contributed by atoms with van der Waals surface area (Å²) in [5.74, 6) is 0. The Morgan fingerprint density at radius 2 is 1.68 bits per heavy atom. The van der Waals surface area contributed by atoms with Crippen molar-refractivity contribution in [3.05, 3.63) is 63.9 Å². The summed E-state index contributed by atoms with van der Waals surface area (Å²) in [7, 11) is 0. The first-order valence-electron chi connectivity index (χ1n) is 6.22. The lowest BCUT2D eigenvalue weighted by molar-refractivity contribution is 1.01. The van der Waals surface area contributed by atoms with Crippen LogP contribution < -0.4 is 5.56 Å². The van der Waals surface area contributed by atoms with E-state index in [1.807, 2.05) is 36.4 Å². The van der Waals surface area contributed by atoms with E-state index in [-0.39, 0.29) is 5.56 Å². The molecule has 0 saturated heterocycles. The van der Waals surface area contributed by atoms with E-state index >= 15 is 0 Å². The number of rotatable bonds is 1. The lowest BCUT2D eigenvalue weighted by atomic mass is 9.98. The predicted molar refractivity (Wildman–Crippen MR) is 77.3 cm³/mol. The molecule has 0 aliphatic heterocycles. The molecule has 0 spiro atoms. The number of hydrogen-bond donors (Lipinski definition) is 1. The largest absolute Gasteiger partial charge is 0.272 e. The molecule has 3 aromatic rings. The molecule has 19 heavy (non-hydrogen) atoms. The lowest BCUT2D eigenvalue weighted by Crippen LogP contribution is -2.09. The molecule has 0 radical (unpaired) electrons. The fraction of sp³-hybridized carbons (Fsp3) is 0.125. The van der Waals surface area contributed by atoms with E-state index in [0.717, 1.165) is 16.6 Å². The molecule has 3 heteroatoms. The zero-order valence-electron chi connectivity index (χ0n) is 10.9. The Balaban J connectivity index is 2.41. The molecule has 3 rings (SSSR count). The minimum absolute atomic E-state index is 0.148. The summed E-state index contributed by atoms with van der Waals surface area (Å²) < 4.78 is 0. The number of nitrogens with one attached hydrogen (secondary N) is 1. The number of fused-ring (bicyclic) bond motifs is 1. The molecular formula is C16H14N2O. The number of hydrogen-bond acceptors (Lipinski definition) is 2. The van der Waals surface area contributed by atoms with E-state index < -0.39 is 0 Å². The van der Waals surface area contributed by atoms with E-state index in [0.29, 0.717) is 5.39 Å². The highest BCUT2D eigenvalue weighted by molar-refractivity contribution is 5.94. The van der Waals surface area contributed by atoms with Crippen LogP contribution in [-0.2, 0) is 0 Å². The van der Waals surface area contributed by atoms with E-state index in [1.165, 1.54) is 11.1 Å². The Labute approximate surface area is 110 Å². The van der Waals surface area contributed by atoms with Crippen molar-refractivity contribution in [3.8, 4) is 11.3 Å². The summed E-state index contributed by atoms with van der Waals surface area (Å²) in [6.45, 7) is 4.15.